The van der Waals surface area contributed by atoms with Gasteiger partial charge in [-0.3, -0.25) is 9.59 Å². The van der Waals surface area contributed by atoms with Gasteiger partial charge in [-0.2, -0.15) is 0 Å². The van der Waals surface area contributed by atoms with E-state index in [0.717, 1.165) is 0 Å². The summed E-state index contributed by atoms with van der Waals surface area (Å²) in [5.41, 5.74) is 0. The maximum Gasteiger partial charge on any atom is 0.313 e. The Hall–Kier alpha value is -0.943. The molecule has 5 heteroatoms. The molecule has 4 nitrogen and oxygen atoms in total. The molecular weight excluding hydrogens is 248 g/mol. The van der Waals surface area contributed by atoms with Gasteiger partial charge in [-0.05, 0) is 26.6 Å². The number of carbonyl (C=O) groups is 2. The average molecular weight is 272 g/mol. The van der Waals surface area contributed by atoms with Gasteiger partial charge in [0.15, 0.2) is 14.1 Å². The molecule has 0 bridgehead atoms. The largest absolute Gasteiger partial charge is 0.466 e. The zero-order valence-corrected chi connectivity index (χ0v) is 13.0. The maximum absolute atomic E-state index is 12.1. The molecule has 0 aliphatic heterocycles. The van der Waals surface area contributed by atoms with Crippen molar-refractivity contribution < 1.29 is 18.8 Å². The summed E-state index contributed by atoms with van der Waals surface area (Å²) in [7, 11) is -1.85. The number of hydrogen-bond acceptors (Lipinski definition) is 4. The molecule has 0 amide bonds. The molecule has 0 radical (unpaired) electrons. The minimum Gasteiger partial charge on any atom is -0.466 e. The molecule has 0 aromatic rings. The first-order valence-corrected chi connectivity index (χ1v) is 9.60. The molecule has 0 aromatic heterocycles. The SMILES string of the molecule is C=C[C@H](C)[C@@H](O[Si](C)(C)C)C(=O)CC(=O)OCC. The van der Waals surface area contributed by atoms with Gasteiger partial charge >= 0.3 is 5.97 Å². The highest BCUT2D eigenvalue weighted by molar-refractivity contribution is 6.69. The van der Waals surface area contributed by atoms with Crippen LogP contribution < -0.4 is 0 Å². The summed E-state index contributed by atoms with van der Waals surface area (Å²) in [6, 6.07) is 0. The Morgan fingerprint density at radius 1 is 1.33 bits per heavy atom. The standard InChI is InChI=1S/C13H24O4Si/c1-7-10(3)13(17-18(4,5)6)11(14)9-12(15)16-8-2/h7,10,13H,1,8-9H2,2-6H3/t10-,13+/m0/s1. The van der Waals surface area contributed by atoms with E-state index in [1.54, 1.807) is 13.0 Å². The van der Waals surface area contributed by atoms with E-state index in [0.29, 0.717) is 0 Å². The molecule has 0 saturated heterocycles. The predicted octanol–water partition coefficient (Wildman–Crippen LogP) is 2.55. The van der Waals surface area contributed by atoms with Gasteiger partial charge in [0.1, 0.15) is 12.5 Å². The topological polar surface area (TPSA) is 52.6 Å². The maximum atomic E-state index is 12.1. The van der Waals surface area contributed by atoms with Crippen LogP contribution >= 0.6 is 0 Å². The van der Waals surface area contributed by atoms with Crippen molar-refractivity contribution in [2.24, 2.45) is 5.92 Å². The van der Waals surface area contributed by atoms with Crippen molar-refractivity contribution in [2.45, 2.75) is 46.0 Å². The Labute approximate surface area is 110 Å². The van der Waals surface area contributed by atoms with Crippen LogP contribution in [0.15, 0.2) is 12.7 Å². The van der Waals surface area contributed by atoms with Gasteiger partial charge in [0, 0.05) is 5.92 Å². The van der Waals surface area contributed by atoms with E-state index >= 15 is 0 Å². The smallest absolute Gasteiger partial charge is 0.313 e. The van der Waals surface area contributed by atoms with Crippen molar-refractivity contribution in [1.82, 2.24) is 0 Å². The highest BCUT2D eigenvalue weighted by atomic mass is 28.4. The highest BCUT2D eigenvalue weighted by Gasteiger charge is 2.31. The fourth-order valence-corrected chi connectivity index (χ4v) is 2.53. The first-order valence-electron chi connectivity index (χ1n) is 6.20. The van der Waals surface area contributed by atoms with Crippen molar-refractivity contribution in [3.8, 4) is 0 Å². The van der Waals surface area contributed by atoms with Crippen LogP contribution in [0, 0.1) is 5.92 Å². The van der Waals surface area contributed by atoms with Crippen LogP contribution in [0.2, 0.25) is 19.6 Å². The molecular formula is C13H24O4Si. The van der Waals surface area contributed by atoms with Gasteiger partial charge < -0.3 is 9.16 Å². The quantitative estimate of drug-likeness (QED) is 0.295. The van der Waals surface area contributed by atoms with Crippen molar-refractivity contribution in [3.63, 3.8) is 0 Å². The summed E-state index contributed by atoms with van der Waals surface area (Å²) in [6.07, 6.45) is 0.841. The zero-order valence-electron chi connectivity index (χ0n) is 12.0. The van der Waals surface area contributed by atoms with E-state index in [9.17, 15) is 9.59 Å². The molecule has 0 rings (SSSR count). The van der Waals surface area contributed by atoms with Crippen molar-refractivity contribution in [2.75, 3.05) is 6.61 Å². The Balaban J connectivity index is 4.70. The van der Waals surface area contributed by atoms with Gasteiger partial charge in [-0.15, -0.1) is 6.58 Å². The summed E-state index contributed by atoms with van der Waals surface area (Å²) in [5, 5.41) is 0. The second kappa shape index (κ2) is 7.48. The molecule has 0 unspecified atom stereocenters. The average Bonchev–Trinajstić information content (AvgIpc) is 2.23. The molecule has 0 saturated carbocycles. The fourth-order valence-electron chi connectivity index (χ4n) is 1.43. The third-order valence-electron chi connectivity index (χ3n) is 2.27. The number of carbonyl (C=O) groups excluding carboxylic acids is 2. The minimum absolute atomic E-state index is 0.112. The lowest BCUT2D eigenvalue weighted by atomic mass is 9.99. The van der Waals surface area contributed by atoms with Gasteiger partial charge in [0.05, 0.1) is 6.61 Å². The molecule has 104 valence electrons. The van der Waals surface area contributed by atoms with E-state index in [1.165, 1.54) is 0 Å². The third-order valence-corrected chi connectivity index (χ3v) is 3.23. The Morgan fingerprint density at radius 3 is 2.28 bits per heavy atom. The summed E-state index contributed by atoms with van der Waals surface area (Å²) < 4.78 is 10.6. The lowest BCUT2D eigenvalue weighted by Crippen LogP contribution is -2.40. The zero-order chi connectivity index (χ0) is 14.3. The third kappa shape index (κ3) is 6.71. The molecule has 0 spiro atoms. The van der Waals surface area contributed by atoms with E-state index < -0.39 is 20.4 Å². The lowest BCUT2D eigenvalue weighted by Gasteiger charge is -2.28. The molecule has 0 aliphatic carbocycles. The first kappa shape index (κ1) is 17.1. The van der Waals surface area contributed by atoms with Gasteiger partial charge in [-0.25, -0.2) is 0 Å². The number of ether oxygens (including phenoxy) is 1. The molecule has 0 fully saturated rings. The lowest BCUT2D eigenvalue weighted by molar-refractivity contribution is -0.147. The van der Waals surface area contributed by atoms with Gasteiger partial charge in [-0.1, -0.05) is 13.0 Å². The normalized spacial score (nSPS) is 14.7. The first-order chi connectivity index (χ1) is 8.21. The summed E-state index contributed by atoms with van der Waals surface area (Å²) in [4.78, 5) is 23.4. The number of esters is 1. The van der Waals surface area contributed by atoms with E-state index in [4.69, 9.17) is 9.16 Å². The summed E-state index contributed by atoms with van der Waals surface area (Å²) in [5.74, 6) is -0.843. The monoisotopic (exact) mass is 272 g/mol. The number of hydrogen-bond donors (Lipinski definition) is 0. The van der Waals surface area contributed by atoms with E-state index in [1.807, 2.05) is 26.6 Å². The number of ketones is 1. The summed E-state index contributed by atoms with van der Waals surface area (Å²) in [6.45, 7) is 13.6. The van der Waals surface area contributed by atoms with Crippen LogP contribution in [-0.4, -0.2) is 32.8 Å². The Bertz CT molecular complexity index is 307. The Morgan fingerprint density at radius 2 is 1.89 bits per heavy atom. The van der Waals surface area contributed by atoms with Crippen LogP contribution in [0.1, 0.15) is 20.3 Å². The second-order valence-corrected chi connectivity index (χ2v) is 9.65. The molecule has 18 heavy (non-hydrogen) atoms. The van der Waals surface area contributed by atoms with Crippen molar-refractivity contribution in [3.05, 3.63) is 12.7 Å². The van der Waals surface area contributed by atoms with Crippen LogP contribution in [0.5, 0.6) is 0 Å². The highest BCUT2D eigenvalue weighted by Crippen LogP contribution is 2.17. The molecule has 0 aromatic carbocycles. The Kier molecular flexibility index (Phi) is 7.09. The molecule has 0 aliphatic rings. The number of rotatable bonds is 8. The van der Waals surface area contributed by atoms with E-state index in [2.05, 4.69) is 6.58 Å². The van der Waals surface area contributed by atoms with E-state index in [-0.39, 0.29) is 24.7 Å². The van der Waals surface area contributed by atoms with Crippen LogP contribution in [0.25, 0.3) is 0 Å². The summed E-state index contributed by atoms with van der Waals surface area (Å²) >= 11 is 0. The fraction of sp³-hybridized carbons (Fsp3) is 0.692. The molecule has 2 atom stereocenters. The molecule has 0 heterocycles. The second-order valence-electron chi connectivity index (χ2n) is 5.19. The minimum atomic E-state index is -1.85. The van der Waals surface area contributed by atoms with Gasteiger partial charge in [0.25, 0.3) is 0 Å². The van der Waals surface area contributed by atoms with Gasteiger partial charge in [0.2, 0.25) is 0 Å². The van der Waals surface area contributed by atoms with Crippen LogP contribution in [0.3, 0.4) is 0 Å². The van der Waals surface area contributed by atoms with Crippen LogP contribution in [0.4, 0.5) is 0 Å². The van der Waals surface area contributed by atoms with Crippen molar-refractivity contribution in [1.29, 1.82) is 0 Å². The number of Topliss-reactive ketones (excluding diaryl/α,β-unsaturated/α-hetero) is 1. The van der Waals surface area contributed by atoms with Crippen molar-refractivity contribution >= 4 is 20.1 Å². The molecule has 0 N–H and O–H groups in total. The predicted molar refractivity (Wildman–Crippen MR) is 73.8 cm³/mol. The van der Waals surface area contributed by atoms with Crippen LogP contribution in [-0.2, 0) is 18.8 Å².